The molecule has 0 fully saturated rings. The topological polar surface area (TPSA) is 42.0 Å². The number of ketones is 1. The summed E-state index contributed by atoms with van der Waals surface area (Å²) in [6, 6.07) is 5.28. The van der Waals surface area contributed by atoms with Crippen LogP contribution in [0.5, 0.6) is 0 Å². The number of nitrogens with zero attached hydrogens (tertiary/aromatic N) is 1. The normalized spacial score (nSPS) is 11.7. The third-order valence-corrected chi connectivity index (χ3v) is 1.67. The second-order valence-corrected chi connectivity index (χ2v) is 4.31. The molecule has 1 heterocycles. The Morgan fingerprint density at radius 1 is 1.40 bits per heavy atom. The van der Waals surface area contributed by atoms with E-state index in [-0.39, 0.29) is 11.3 Å². The van der Waals surface area contributed by atoms with Crippen molar-refractivity contribution in [2.24, 2.45) is 0 Å². The monoisotopic (exact) mass is 204 g/mol. The van der Waals surface area contributed by atoms with Gasteiger partial charge in [0.15, 0.2) is 0 Å². The number of rotatable bonds is 3. The van der Waals surface area contributed by atoms with E-state index in [0.29, 0.717) is 5.69 Å². The fourth-order valence-electron chi connectivity index (χ4n) is 0.961. The molecule has 1 aromatic rings. The number of aromatic nitrogens is 1. The molecule has 15 heavy (non-hydrogen) atoms. The minimum Gasteiger partial charge on any atom is -0.386 e. The molecule has 1 rings (SSSR count). The number of carbonyl (C=O) groups is 1. The van der Waals surface area contributed by atoms with Crippen LogP contribution in [0.2, 0.25) is 0 Å². The summed E-state index contributed by atoms with van der Waals surface area (Å²) in [5.74, 6) is -0.0904. The highest BCUT2D eigenvalue weighted by molar-refractivity contribution is 6.02. The smallest absolute Gasteiger partial charge is 0.205 e. The van der Waals surface area contributed by atoms with Gasteiger partial charge in [-0.3, -0.25) is 9.78 Å². The minimum atomic E-state index is -0.0904. The van der Waals surface area contributed by atoms with E-state index in [1.165, 1.54) is 6.08 Å². The molecule has 0 bridgehead atoms. The van der Waals surface area contributed by atoms with Gasteiger partial charge in [0.05, 0.1) is 0 Å². The highest BCUT2D eigenvalue weighted by atomic mass is 16.1. The number of nitrogens with one attached hydrogen (secondary N) is 1. The lowest BCUT2D eigenvalue weighted by Crippen LogP contribution is -2.31. The molecule has 0 atom stereocenters. The van der Waals surface area contributed by atoms with Crippen LogP contribution in [-0.2, 0) is 0 Å². The van der Waals surface area contributed by atoms with Gasteiger partial charge in [-0.05, 0) is 32.9 Å². The van der Waals surface area contributed by atoms with Crippen LogP contribution in [0.1, 0.15) is 31.3 Å². The molecule has 1 aromatic heterocycles. The molecule has 0 aliphatic heterocycles. The molecular weight excluding hydrogens is 188 g/mol. The molecule has 0 aliphatic carbocycles. The van der Waals surface area contributed by atoms with Crippen LogP contribution in [0, 0.1) is 0 Å². The maximum Gasteiger partial charge on any atom is 0.205 e. The van der Waals surface area contributed by atoms with Crippen LogP contribution in [0.4, 0.5) is 0 Å². The van der Waals surface area contributed by atoms with Crippen molar-refractivity contribution in [1.82, 2.24) is 10.3 Å². The molecule has 0 aromatic carbocycles. The maximum atomic E-state index is 11.5. The summed E-state index contributed by atoms with van der Waals surface area (Å²) in [6.45, 7) is 6.09. The molecule has 3 nitrogen and oxygen atoms in total. The number of hydrogen-bond donors (Lipinski definition) is 1. The third kappa shape index (κ3) is 4.40. The molecule has 0 amide bonds. The van der Waals surface area contributed by atoms with E-state index in [1.807, 2.05) is 20.8 Å². The predicted octanol–water partition coefficient (Wildman–Crippen LogP) is 2.17. The van der Waals surface area contributed by atoms with Crippen LogP contribution in [0.15, 0.2) is 36.7 Å². The van der Waals surface area contributed by atoms with E-state index in [9.17, 15) is 4.79 Å². The Morgan fingerprint density at radius 2 is 2.13 bits per heavy atom. The lowest BCUT2D eigenvalue weighted by Gasteiger charge is -2.18. The Bertz CT molecular complexity index is 350. The fourth-order valence-corrected chi connectivity index (χ4v) is 0.961. The average molecular weight is 204 g/mol. The van der Waals surface area contributed by atoms with E-state index in [0.717, 1.165) is 0 Å². The molecule has 0 saturated heterocycles. The van der Waals surface area contributed by atoms with Gasteiger partial charge in [0, 0.05) is 24.0 Å². The lowest BCUT2D eigenvalue weighted by molar-refractivity contribution is 0.104. The third-order valence-electron chi connectivity index (χ3n) is 1.67. The average Bonchev–Trinajstić information content (AvgIpc) is 2.17. The molecule has 1 N–H and O–H groups in total. The summed E-state index contributed by atoms with van der Waals surface area (Å²) in [7, 11) is 0. The summed E-state index contributed by atoms with van der Waals surface area (Å²) in [4.78, 5) is 15.5. The van der Waals surface area contributed by atoms with Crippen LogP contribution in [-0.4, -0.2) is 16.3 Å². The molecular formula is C12H16N2O. The number of pyridine rings is 1. The standard InChI is InChI=1S/C12H16N2O/c1-12(2,3)14-9-7-11(15)10-6-4-5-8-13-10/h4-9,14H,1-3H3/b9-7-. The first-order valence-corrected chi connectivity index (χ1v) is 4.89. The first-order valence-electron chi connectivity index (χ1n) is 4.89. The van der Waals surface area contributed by atoms with Gasteiger partial charge in [0.25, 0.3) is 0 Å². The van der Waals surface area contributed by atoms with Crippen molar-refractivity contribution in [3.63, 3.8) is 0 Å². The molecule has 0 unspecified atom stereocenters. The van der Waals surface area contributed by atoms with E-state index in [2.05, 4.69) is 10.3 Å². The van der Waals surface area contributed by atoms with Crippen molar-refractivity contribution in [3.8, 4) is 0 Å². The Labute approximate surface area is 90.2 Å². The zero-order chi connectivity index (χ0) is 11.3. The van der Waals surface area contributed by atoms with Crippen LogP contribution in [0.3, 0.4) is 0 Å². The molecule has 0 aliphatic rings. The Morgan fingerprint density at radius 3 is 2.67 bits per heavy atom. The zero-order valence-electron chi connectivity index (χ0n) is 9.32. The van der Waals surface area contributed by atoms with Crippen LogP contribution < -0.4 is 5.32 Å². The van der Waals surface area contributed by atoms with Crippen molar-refractivity contribution < 1.29 is 4.79 Å². The maximum absolute atomic E-state index is 11.5. The van der Waals surface area contributed by atoms with E-state index in [4.69, 9.17) is 0 Å². The van der Waals surface area contributed by atoms with Crippen molar-refractivity contribution >= 4 is 5.78 Å². The van der Waals surface area contributed by atoms with Gasteiger partial charge in [-0.2, -0.15) is 0 Å². The van der Waals surface area contributed by atoms with Crippen molar-refractivity contribution in [1.29, 1.82) is 0 Å². The molecule has 0 spiro atoms. The minimum absolute atomic E-state index is 0.0269. The van der Waals surface area contributed by atoms with Crippen molar-refractivity contribution in [3.05, 3.63) is 42.4 Å². The summed E-state index contributed by atoms with van der Waals surface area (Å²) in [5, 5.41) is 3.09. The predicted molar refractivity (Wildman–Crippen MR) is 60.6 cm³/mol. The fraction of sp³-hybridized carbons (Fsp3) is 0.333. The van der Waals surface area contributed by atoms with Gasteiger partial charge in [-0.25, -0.2) is 0 Å². The zero-order valence-corrected chi connectivity index (χ0v) is 9.32. The highest BCUT2D eigenvalue weighted by Crippen LogP contribution is 1.99. The number of hydrogen-bond acceptors (Lipinski definition) is 3. The Kier molecular flexibility index (Phi) is 3.61. The summed E-state index contributed by atoms with van der Waals surface area (Å²) < 4.78 is 0. The van der Waals surface area contributed by atoms with Crippen LogP contribution >= 0.6 is 0 Å². The van der Waals surface area contributed by atoms with E-state index < -0.39 is 0 Å². The first-order chi connectivity index (χ1) is 6.99. The van der Waals surface area contributed by atoms with Gasteiger partial charge < -0.3 is 5.32 Å². The summed E-state index contributed by atoms with van der Waals surface area (Å²) in [6.07, 6.45) is 4.77. The SMILES string of the molecule is CC(C)(C)N/C=C\C(=O)c1ccccn1. The second-order valence-electron chi connectivity index (χ2n) is 4.31. The van der Waals surface area contributed by atoms with Gasteiger partial charge in [0.1, 0.15) is 5.69 Å². The summed E-state index contributed by atoms with van der Waals surface area (Å²) in [5.41, 5.74) is 0.436. The molecule has 80 valence electrons. The lowest BCUT2D eigenvalue weighted by atomic mass is 10.1. The first kappa shape index (κ1) is 11.4. The number of allylic oxidation sites excluding steroid dienone is 1. The van der Waals surface area contributed by atoms with Crippen molar-refractivity contribution in [2.45, 2.75) is 26.3 Å². The van der Waals surface area contributed by atoms with Crippen molar-refractivity contribution in [2.75, 3.05) is 0 Å². The Hall–Kier alpha value is -1.64. The quantitative estimate of drug-likeness (QED) is 0.606. The van der Waals surface area contributed by atoms with Gasteiger partial charge in [0.2, 0.25) is 5.78 Å². The molecule has 0 saturated carbocycles. The van der Waals surface area contributed by atoms with Crippen LogP contribution in [0.25, 0.3) is 0 Å². The van der Waals surface area contributed by atoms with E-state index in [1.54, 1.807) is 30.6 Å². The summed E-state index contributed by atoms with van der Waals surface area (Å²) >= 11 is 0. The second kappa shape index (κ2) is 4.73. The Balaban J connectivity index is 2.57. The largest absolute Gasteiger partial charge is 0.386 e. The van der Waals surface area contributed by atoms with E-state index >= 15 is 0 Å². The van der Waals surface area contributed by atoms with Gasteiger partial charge in [-0.15, -0.1) is 0 Å². The van der Waals surface area contributed by atoms with Gasteiger partial charge in [-0.1, -0.05) is 6.07 Å². The highest BCUT2D eigenvalue weighted by Gasteiger charge is 2.06. The molecule has 0 radical (unpaired) electrons. The number of carbonyl (C=O) groups excluding carboxylic acids is 1. The van der Waals surface area contributed by atoms with Gasteiger partial charge >= 0.3 is 0 Å². The molecule has 3 heteroatoms.